The van der Waals surface area contributed by atoms with Gasteiger partial charge in [-0.2, -0.15) is 5.26 Å². The largest absolute Gasteiger partial charge is 0.192 e. The lowest BCUT2D eigenvalue weighted by Gasteiger charge is -2.35. The Kier molecular flexibility index (Phi) is 5.44. The van der Waals surface area contributed by atoms with Crippen LogP contribution in [0, 0.1) is 11.3 Å². The van der Waals surface area contributed by atoms with Crippen LogP contribution in [0.4, 0.5) is 0 Å². The number of hydrogen-bond acceptors (Lipinski definition) is 4. The fourth-order valence-electron chi connectivity index (χ4n) is 4.98. The minimum atomic E-state index is -0.179. The monoisotopic (exact) mass is 481 g/mol. The molecule has 1 aromatic heterocycles. The van der Waals surface area contributed by atoms with E-state index in [1.165, 1.54) is 16.0 Å². The molecule has 0 radical (unpaired) electrons. The molecule has 0 unspecified atom stereocenters. The van der Waals surface area contributed by atoms with Gasteiger partial charge in [0.25, 0.3) is 0 Å². The normalized spacial score (nSPS) is 13.4. The van der Waals surface area contributed by atoms with E-state index in [-0.39, 0.29) is 5.41 Å². The first-order valence-corrected chi connectivity index (χ1v) is 12.7. The summed E-state index contributed by atoms with van der Waals surface area (Å²) in [7, 11) is 0. The van der Waals surface area contributed by atoms with Crippen molar-refractivity contribution in [2.75, 3.05) is 0 Å². The third-order valence-electron chi connectivity index (χ3n) is 6.91. The second kappa shape index (κ2) is 8.78. The van der Waals surface area contributed by atoms with Crippen molar-refractivity contribution in [1.82, 2.24) is 10.2 Å². The predicted molar refractivity (Wildman–Crippen MR) is 146 cm³/mol. The third-order valence-corrected chi connectivity index (χ3v) is 8.11. The molecular formula is C32H23N3S. The lowest BCUT2D eigenvalue weighted by Crippen LogP contribution is -2.24. The molecule has 1 aliphatic heterocycles. The summed E-state index contributed by atoms with van der Waals surface area (Å²) in [6.45, 7) is 4.49. The maximum Gasteiger partial charge on any atom is 0.0992 e. The van der Waals surface area contributed by atoms with Crippen molar-refractivity contribution >= 4 is 11.8 Å². The molecule has 3 nitrogen and oxygen atoms in total. The zero-order valence-corrected chi connectivity index (χ0v) is 20.9. The molecule has 4 aromatic carbocycles. The molecule has 6 rings (SSSR count). The second-order valence-corrected chi connectivity index (χ2v) is 10.5. The Labute approximate surface area is 215 Å². The van der Waals surface area contributed by atoms with E-state index in [0.29, 0.717) is 5.56 Å². The van der Waals surface area contributed by atoms with Gasteiger partial charge < -0.3 is 0 Å². The highest BCUT2D eigenvalue weighted by Crippen LogP contribution is 2.52. The standard InChI is InChI=1S/C32H23N3S/c1-32(2)26-16-15-21(20-33)19-30(26)36-31-25(13-8-14-27(31)32)29-18-17-28(34-35-29)24-12-7-6-11-23(24)22-9-4-3-5-10-22/h3-19H,1-2H3. The summed E-state index contributed by atoms with van der Waals surface area (Å²) in [5.41, 5.74) is 9.12. The zero-order valence-electron chi connectivity index (χ0n) is 20.1. The SMILES string of the molecule is CC1(C)c2ccc(C#N)cc2Sc2c(-c3ccc(-c4ccccc4-c4ccccc4)nn3)cccc21. The molecule has 0 saturated carbocycles. The van der Waals surface area contributed by atoms with Crippen LogP contribution < -0.4 is 0 Å². The number of aromatic nitrogens is 2. The first-order chi connectivity index (χ1) is 17.6. The third kappa shape index (κ3) is 3.69. The van der Waals surface area contributed by atoms with Crippen LogP contribution in [0.15, 0.2) is 113 Å². The van der Waals surface area contributed by atoms with Gasteiger partial charge in [-0.05, 0) is 46.5 Å². The van der Waals surface area contributed by atoms with Crippen molar-refractivity contribution in [2.24, 2.45) is 0 Å². The van der Waals surface area contributed by atoms with Crippen LogP contribution in [-0.2, 0) is 5.41 Å². The highest BCUT2D eigenvalue weighted by atomic mass is 32.2. The van der Waals surface area contributed by atoms with Gasteiger partial charge in [0.15, 0.2) is 0 Å². The van der Waals surface area contributed by atoms with E-state index in [4.69, 9.17) is 0 Å². The number of nitriles is 1. The van der Waals surface area contributed by atoms with Gasteiger partial charge in [-0.3, -0.25) is 0 Å². The van der Waals surface area contributed by atoms with Gasteiger partial charge in [-0.25, -0.2) is 0 Å². The van der Waals surface area contributed by atoms with Gasteiger partial charge >= 0.3 is 0 Å². The van der Waals surface area contributed by atoms with E-state index >= 15 is 0 Å². The molecular weight excluding hydrogens is 458 g/mol. The first kappa shape index (κ1) is 22.3. The van der Waals surface area contributed by atoms with Crippen LogP contribution in [-0.4, -0.2) is 10.2 Å². The van der Waals surface area contributed by atoms with Crippen LogP contribution >= 0.6 is 11.8 Å². The molecule has 172 valence electrons. The number of benzene rings is 4. The maximum absolute atomic E-state index is 9.43. The molecule has 0 N–H and O–H groups in total. The van der Waals surface area contributed by atoms with Gasteiger partial charge in [0.1, 0.15) is 0 Å². The van der Waals surface area contributed by atoms with Gasteiger partial charge in [0.05, 0.1) is 23.0 Å². The summed E-state index contributed by atoms with van der Waals surface area (Å²) < 4.78 is 0. The minimum Gasteiger partial charge on any atom is -0.192 e. The van der Waals surface area contributed by atoms with Gasteiger partial charge in [-0.15, -0.1) is 10.2 Å². The number of hydrogen-bond donors (Lipinski definition) is 0. The molecule has 0 amide bonds. The fraction of sp³-hybridized carbons (Fsp3) is 0.0938. The highest BCUT2D eigenvalue weighted by Gasteiger charge is 2.34. The summed E-state index contributed by atoms with van der Waals surface area (Å²) >= 11 is 1.72. The molecule has 0 saturated heterocycles. The molecule has 0 fully saturated rings. The molecule has 5 aromatic rings. The molecule has 36 heavy (non-hydrogen) atoms. The average Bonchev–Trinajstić information content (AvgIpc) is 2.93. The van der Waals surface area contributed by atoms with E-state index in [0.717, 1.165) is 38.5 Å². The molecule has 0 aliphatic carbocycles. The van der Waals surface area contributed by atoms with Crippen LogP contribution in [0.25, 0.3) is 33.6 Å². The quantitative estimate of drug-likeness (QED) is 0.261. The highest BCUT2D eigenvalue weighted by molar-refractivity contribution is 7.99. The van der Waals surface area contributed by atoms with E-state index in [1.807, 2.05) is 24.3 Å². The Morgan fingerprint density at radius 1 is 0.667 bits per heavy atom. The summed E-state index contributed by atoms with van der Waals surface area (Å²) in [5.74, 6) is 0. The zero-order chi connectivity index (χ0) is 24.7. The van der Waals surface area contributed by atoms with Gasteiger partial charge in [0.2, 0.25) is 0 Å². The van der Waals surface area contributed by atoms with Crippen LogP contribution in [0.2, 0.25) is 0 Å². The first-order valence-electron chi connectivity index (χ1n) is 11.9. The van der Waals surface area contributed by atoms with Crippen LogP contribution in [0.1, 0.15) is 30.5 Å². The molecule has 0 spiro atoms. The Morgan fingerprint density at radius 3 is 2.06 bits per heavy atom. The van der Waals surface area contributed by atoms with Crippen molar-refractivity contribution in [3.05, 3.63) is 120 Å². The number of fused-ring (bicyclic) bond motifs is 2. The Morgan fingerprint density at radius 2 is 1.33 bits per heavy atom. The van der Waals surface area contributed by atoms with Gasteiger partial charge in [-0.1, -0.05) is 104 Å². The lowest BCUT2D eigenvalue weighted by molar-refractivity contribution is 0.607. The minimum absolute atomic E-state index is 0.179. The molecule has 0 atom stereocenters. The van der Waals surface area contributed by atoms with Crippen molar-refractivity contribution in [3.63, 3.8) is 0 Å². The molecule has 4 heteroatoms. The van der Waals surface area contributed by atoms with Crippen LogP contribution in [0.3, 0.4) is 0 Å². The van der Waals surface area contributed by atoms with Crippen molar-refractivity contribution < 1.29 is 0 Å². The van der Waals surface area contributed by atoms with Crippen molar-refractivity contribution in [3.8, 4) is 39.7 Å². The summed E-state index contributed by atoms with van der Waals surface area (Å²) in [6, 6.07) is 37.5. The Hall–Kier alpha value is -4.20. The van der Waals surface area contributed by atoms with Gasteiger partial charge in [0, 0.05) is 26.3 Å². The summed E-state index contributed by atoms with van der Waals surface area (Å²) in [6.07, 6.45) is 0. The molecule has 0 bridgehead atoms. The fourth-order valence-corrected chi connectivity index (χ4v) is 6.54. The van der Waals surface area contributed by atoms with E-state index < -0.39 is 0 Å². The lowest BCUT2D eigenvalue weighted by atomic mass is 9.77. The average molecular weight is 482 g/mol. The predicted octanol–water partition coefficient (Wildman–Crippen LogP) is 8.14. The topological polar surface area (TPSA) is 49.6 Å². The van der Waals surface area contributed by atoms with E-state index in [2.05, 4.69) is 109 Å². The summed E-state index contributed by atoms with van der Waals surface area (Å²) in [4.78, 5) is 2.30. The van der Waals surface area contributed by atoms with E-state index in [1.54, 1.807) is 11.8 Å². The second-order valence-electron chi connectivity index (χ2n) is 9.45. The summed E-state index contributed by atoms with van der Waals surface area (Å²) in [5, 5.41) is 18.8. The maximum atomic E-state index is 9.43. The number of rotatable bonds is 3. The smallest absolute Gasteiger partial charge is 0.0992 e. The van der Waals surface area contributed by atoms with Crippen molar-refractivity contribution in [2.45, 2.75) is 29.1 Å². The molecule has 1 aliphatic rings. The van der Waals surface area contributed by atoms with Crippen LogP contribution in [0.5, 0.6) is 0 Å². The Balaban J connectivity index is 1.42. The molecule has 2 heterocycles. The van der Waals surface area contributed by atoms with E-state index in [9.17, 15) is 5.26 Å². The van der Waals surface area contributed by atoms with Crippen molar-refractivity contribution in [1.29, 1.82) is 5.26 Å². The Bertz CT molecular complexity index is 1630. The number of nitrogens with zero attached hydrogens (tertiary/aromatic N) is 3.